The van der Waals surface area contributed by atoms with E-state index >= 15 is 0 Å². The molecule has 1 aliphatic rings. The van der Waals surface area contributed by atoms with Gasteiger partial charge in [0, 0.05) is 6.04 Å². The molecular weight excluding hydrogens is 252 g/mol. The van der Waals surface area contributed by atoms with Crippen LogP contribution in [0.1, 0.15) is 48.4 Å². The standard InChI is InChI=1S/C15H24N4O/c1-4-14-13(8-10(2)18-19-14)15(20)17-11(3)12-6-5-7-16-9-12/h8,11-12,16H,4-7,9H2,1-3H3,(H,17,20). The molecule has 0 aromatic carbocycles. The van der Waals surface area contributed by atoms with Gasteiger partial charge in [-0.25, -0.2) is 0 Å². The van der Waals surface area contributed by atoms with E-state index in [1.807, 2.05) is 19.9 Å². The zero-order valence-electron chi connectivity index (χ0n) is 12.6. The van der Waals surface area contributed by atoms with Crippen LogP contribution < -0.4 is 10.6 Å². The summed E-state index contributed by atoms with van der Waals surface area (Å²) in [6, 6.07) is 2.00. The molecule has 0 bridgehead atoms. The molecule has 0 aliphatic carbocycles. The van der Waals surface area contributed by atoms with E-state index in [1.165, 1.54) is 12.8 Å². The first-order valence-corrected chi connectivity index (χ1v) is 7.46. The van der Waals surface area contributed by atoms with Crippen LogP contribution in [0, 0.1) is 12.8 Å². The molecule has 2 atom stereocenters. The highest BCUT2D eigenvalue weighted by molar-refractivity contribution is 5.95. The number of nitrogens with one attached hydrogen (secondary N) is 2. The van der Waals surface area contributed by atoms with Gasteiger partial charge in [0.1, 0.15) is 0 Å². The zero-order valence-corrected chi connectivity index (χ0v) is 12.6. The first-order valence-electron chi connectivity index (χ1n) is 7.46. The van der Waals surface area contributed by atoms with Gasteiger partial charge in [-0.1, -0.05) is 6.92 Å². The number of carbonyl (C=O) groups excluding carboxylic acids is 1. The summed E-state index contributed by atoms with van der Waals surface area (Å²) in [5, 5.41) is 14.6. The Morgan fingerprint density at radius 2 is 2.35 bits per heavy atom. The van der Waals surface area contributed by atoms with Crippen LogP contribution in [-0.4, -0.2) is 35.2 Å². The summed E-state index contributed by atoms with van der Waals surface area (Å²) in [7, 11) is 0. The van der Waals surface area contributed by atoms with Crippen LogP contribution in [0.15, 0.2) is 6.07 Å². The molecular formula is C15H24N4O. The first kappa shape index (κ1) is 14.9. The van der Waals surface area contributed by atoms with Gasteiger partial charge in [-0.3, -0.25) is 4.79 Å². The monoisotopic (exact) mass is 276 g/mol. The van der Waals surface area contributed by atoms with Gasteiger partial charge in [-0.2, -0.15) is 10.2 Å². The van der Waals surface area contributed by atoms with E-state index < -0.39 is 0 Å². The molecule has 2 rings (SSSR count). The number of nitrogens with zero attached hydrogens (tertiary/aromatic N) is 2. The Balaban J connectivity index is 2.05. The van der Waals surface area contributed by atoms with Crippen molar-refractivity contribution in [1.82, 2.24) is 20.8 Å². The van der Waals surface area contributed by atoms with Crippen molar-refractivity contribution in [1.29, 1.82) is 0 Å². The number of aryl methyl sites for hydroxylation is 2. The number of aromatic nitrogens is 2. The molecule has 1 fully saturated rings. The van der Waals surface area contributed by atoms with Crippen molar-refractivity contribution in [2.24, 2.45) is 5.92 Å². The number of hydrogen-bond acceptors (Lipinski definition) is 4. The number of rotatable bonds is 4. The predicted molar refractivity (Wildman–Crippen MR) is 78.7 cm³/mol. The van der Waals surface area contributed by atoms with Crippen LogP contribution in [-0.2, 0) is 6.42 Å². The minimum Gasteiger partial charge on any atom is -0.349 e. The lowest BCUT2D eigenvalue weighted by Gasteiger charge is -2.29. The van der Waals surface area contributed by atoms with Crippen LogP contribution in [0.4, 0.5) is 0 Å². The van der Waals surface area contributed by atoms with Crippen molar-refractivity contribution in [3.8, 4) is 0 Å². The van der Waals surface area contributed by atoms with E-state index in [9.17, 15) is 4.79 Å². The summed E-state index contributed by atoms with van der Waals surface area (Å²) < 4.78 is 0. The van der Waals surface area contributed by atoms with E-state index in [2.05, 4.69) is 27.8 Å². The van der Waals surface area contributed by atoms with Crippen LogP contribution in [0.3, 0.4) is 0 Å². The normalized spacial score (nSPS) is 20.4. The molecule has 5 heteroatoms. The number of piperidine rings is 1. The summed E-state index contributed by atoms with van der Waals surface area (Å²) in [6.07, 6.45) is 3.07. The van der Waals surface area contributed by atoms with Gasteiger partial charge < -0.3 is 10.6 Å². The fourth-order valence-electron chi connectivity index (χ4n) is 2.68. The second-order valence-corrected chi connectivity index (χ2v) is 5.57. The van der Waals surface area contributed by atoms with E-state index in [-0.39, 0.29) is 11.9 Å². The molecule has 1 saturated heterocycles. The Morgan fingerprint density at radius 1 is 1.55 bits per heavy atom. The van der Waals surface area contributed by atoms with Crippen molar-refractivity contribution in [2.75, 3.05) is 13.1 Å². The van der Waals surface area contributed by atoms with Gasteiger partial charge in [-0.15, -0.1) is 0 Å². The van der Waals surface area contributed by atoms with Crippen LogP contribution in [0.2, 0.25) is 0 Å². The minimum atomic E-state index is -0.0297. The highest BCUT2D eigenvalue weighted by atomic mass is 16.1. The zero-order chi connectivity index (χ0) is 14.5. The molecule has 1 aromatic heterocycles. The Labute approximate surface area is 120 Å². The summed E-state index contributed by atoms with van der Waals surface area (Å²) >= 11 is 0. The molecule has 20 heavy (non-hydrogen) atoms. The molecule has 1 amide bonds. The summed E-state index contributed by atoms with van der Waals surface area (Å²) in [5.74, 6) is 0.478. The van der Waals surface area contributed by atoms with Gasteiger partial charge in [0.05, 0.1) is 17.0 Å². The molecule has 5 nitrogen and oxygen atoms in total. The fourth-order valence-corrected chi connectivity index (χ4v) is 2.68. The largest absolute Gasteiger partial charge is 0.349 e. The number of hydrogen-bond donors (Lipinski definition) is 2. The average molecular weight is 276 g/mol. The summed E-state index contributed by atoms with van der Waals surface area (Å²) in [6.45, 7) is 8.01. The molecule has 0 radical (unpaired) electrons. The average Bonchev–Trinajstić information content (AvgIpc) is 2.48. The van der Waals surface area contributed by atoms with Crippen molar-refractivity contribution < 1.29 is 4.79 Å². The molecule has 1 aliphatic heterocycles. The van der Waals surface area contributed by atoms with E-state index in [4.69, 9.17) is 0 Å². The van der Waals surface area contributed by atoms with E-state index in [1.54, 1.807) is 0 Å². The maximum atomic E-state index is 12.4. The van der Waals surface area contributed by atoms with Gasteiger partial charge in [0.15, 0.2) is 0 Å². The highest BCUT2D eigenvalue weighted by Gasteiger charge is 2.22. The minimum absolute atomic E-state index is 0.0297. The molecule has 0 saturated carbocycles. The Hall–Kier alpha value is -1.49. The second-order valence-electron chi connectivity index (χ2n) is 5.57. The van der Waals surface area contributed by atoms with Crippen LogP contribution in [0.5, 0.6) is 0 Å². The topological polar surface area (TPSA) is 66.9 Å². The van der Waals surface area contributed by atoms with Crippen molar-refractivity contribution >= 4 is 5.91 Å². The van der Waals surface area contributed by atoms with Gasteiger partial charge in [0.25, 0.3) is 5.91 Å². The third-order valence-electron chi connectivity index (χ3n) is 3.97. The highest BCUT2D eigenvalue weighted by Crippen LogP contribution is 2.15. The quantitative estimate of drug-likeness (QED) is 0.874. The lowest BCUT2D eigenvalue weighted by molar-refractivity contribution is 0.0920. The van der Waals surface area contributed by atoms with Crippen molar-refractivity contribution in [2.45, 2.75) is 46.1 Å². The van der Waals surface area contributed by atoms with Gasteiger partial charge >= 0.3 is 0 Å². The Kier molecular flexibility index (Phi) is 5.06. The van der Waals surface area contributed by atoms with Gasteiger partial charge in [-0.05, 0) is 58.2 Å². The van der Waals surface area contributed by atoms with Crippen molar-refractivity contribution in [3.05, 3.63) is 23.0 Å². The van der Waals surface area contributed by atoms with E-state index in [0.717, 1.165) is 30.9 Å². The lowest BCUT2D eigenvalue weighted by Crippen LogP contribution is -2.44. The molecule has 2 N–H and O–H groups in total. The van der Waals surface area contributed by atoms with Crippen LogP contribution >= 0.6 is 0 Å². The predicted octanol–water partition coefficient (Wildman–Crippen LogP) is 1.47. The van der Waals surface area contributed by atoms with E-state index in [0.29, 0.717) is 11.5 Å². The summed E-state index contributed by atoms with van der Waals surface area (Å²) in [4.78, 5) is 12.4. The molecule has 1 aromatic rings. The smallest absolute Gasteiger partial charge is 0.253 e. The maximum Gasteiger partial charge on any atom is 0.253 e. The Bertz CT molecular complexity index is 469. The SMILES string of the molecule is CCc1nnc(C)cc1C(=O)NC(C)C1CCCNC1. The first-order chi connectivity index (χ1) is 9.61. The maximum absolute atomic E-state index is 12.4. The summed E-state index contributed by atoms with van der Waals surface area (Å²) in [5.41, 5.74) is 2.21. The number of carbonyl (C=O) groups is 1. The van der Waals surface area contributed by atoms with Gasteiger partial charge in [0.2, 0.25) is 0 Å². The third kappa shape index (κ3) is 3.54. The molecule has 2 unspecified atom stereocenters. The van der Waals surface area contributed by atoms with Crippen LogP contribution in [0.25, 0.3) is 0 Å². The third-order valence-corrected chi connectivity index (χ3v) is 3.97. The fraction of sp³-hybridized carbons (Fsp3) is 0.667. The second kappa shape index (κ2) is 6.79. The lowest BCUT2D eigenvalue weighted by atomic mass is 9.92. The molecule has 2 heterocycles. The van der Waals surface area contributed by atoms with Crippen molar-refractivity contribution in [3.63, 3.8) is 0 Å². The Morgan fingerprint density at radius 3 is 3.00 bits per heavy atom. The molecule has 0 spiro atoms. The number of amides is 1. The molecule has 110 valence electrons.